The van der Waals surface area contributed by atoms with Crippen molar-refractivity contribution < 1.29 is 9.53 Å². The van der Waals surface area contributed by atoms with Gasteiger partial charge in [0.25, 0.3) is 5.91 Å². The van der Waals surface area contributed by atoms with Crippen molar-refractivity contribution in [3.8, 4) is 5.75 Å². The van der Waals surface area contributed by atoms with Crippen molar-refractivity contribution in [2.24, 2.45) is 5.10 Å². The number of carbonyl (C=O) groups excluding carboxylic acids is 1. The minimum absolute atomic E-state index is 0.291. The van der Waals surface area contributed by atoms with Gasteiger partial charge in [-0.05, 0) is 66.1 Å². The molecule has 0 aromatic heterocycles. The molecule has 3 rings (SSSR count). The van der Waals surface area contributed by atoms with Crippen LogP contribution < -0.4 is 10.2 Å². The first-order valence-corrected chi connectivity index (χ1v) is 10.3. The molecule has 8 heteroatoms. The predicted molar refractivity (Wildman–Crippen MR) is 123 cm³/mol. The zero-order chi connectivity index (χ0) is 21.7. The first kappa shape index (κ1) is 22.4. The van der Waals surface area contributed by atoms with Gasteiger partial charge in [0.15, 0.2) is 0 Å². The van der Waals surface area contributed by atoms with Gasteiger partial charge < -0.3 is 4.74 Å². The fourth-order valence-corrected chi connectivity index (χ4v) is 3.21. The molecule has 3 aromatic rings. The Labute approximate surface area is 194 Å². The lowest BCUT2D eigenvalue weighted by atomic mass is 10.1. The van der Waals surface area contributed by atoms with Crippen LogP contribution in [0.3, 0.4) is 0 Å². The highest BCUT2D eigenvalue weighted by Crippen LogP contribution is 2.27. The number of amides is 1. The molecule has 3 aromatic carbocycles. The van der Waals surface area contributed by atoms with Crippen LogP contribution in [0.2, 0.25) is 20.1 Å². The number of benzene rings is 3. The van der Waals surface area contributed by atoms with E-state index in [1.165, 1.54) is 6.21 Å². The molecule has 0 bridgehead atoms. The molecular weight excluding hydrogens is 466 g/mol. The quantitative estimate of drug-likeness (QED) is 0.305. The average molecular weight is 482 g/mol. The fourth-order valence-electron chi connectivity index (χ4n) is 2.47. The van der Waals surface area contributed by atoms with E-state index in [4.69, 9.17) is 51.1 Å². The van der Waals surface area contributed by atoms with Gasteiger partial charge in [0, 0.05) is 10.6 Å². The van der Waals surface area contributed by atoms with E-state index in [9.17, 15) is 4.79 Å². The molecule has 0 atom stereocenters. The Kier molecular flexibility index (Phi) is 7.62. The molecule has 30 heavy (non-hydrogen) atoms. The van der Waals surface area contributed by atoms with Gasteiger partial charge in [-0.1, -0.05) is 58.5 Å². The van der Waals surface area contributed by atoms with Crippen molar-refractivity contribution in [2.75, 3.05) is 0 Å². The normalized spacial score (nSPS) is 11.0. The Bertz CT molecular complexity index is 1120. The molecule has 0 aliphatic carbocycles. The van der Waals surface area contributed by atoms with E-state index < -0.39 is 0 Å². The number of hydrogen-bond acceptors (Lipinski definition) is 3. The third-order valence-electron chi connectivity index (χ3n) is 4.15. The number of hydrazone groups is 1. The molecular formula is C22H16Cl4N2O2. The molecule has 0 fully saturated rings. The van der Waals surface area contributed by atoms with Crippen LogP contribution in [0, 0.1) is 6.92 Å². The SMILES string of the molecule is Cc1ccc(C(=O)N/N=C\c2ccc(OCc3ccc(Cl)c(Cl)c3)c(Cl)c2)cc1Cl. The topological polar surface area (TPSA) is 50.7 Å². The first-order chi connectivity index (χ1) is 14.3. The minimum Gasteiger partial charge on any atom is -0.487 e. The number of aryl methyl sites for hydroxylation is 1. The molecule has 4 nitrogen and oxygen atoms in total. The van der Waals surface area contributed by atoms with E-state index in [2.05, 4.69) is 10.5 Å². The van der Waals surface area contributed by atoms with E-state index in [0.717, 1.165) is 11.1 Å². The number of carbonyl (C=O) groups is 1. The molecule has 0 radical (unpaired) electrons. The van der Waals surface area contributed by atoms with Crippen molar-refractivity contribution in [3.63, 3.8) is 0 Å². The molecule has 0 heterocycles. The van der Waals surface area contributed by atoms with Crippen molar-refractivity contribution in [3.05, 3.63) is 96.9 Å². The maximum Gasteiger partial charge on any atom is 0.271 e. The van der Waals surface area contributed by atoms with Gasteiger partial charge >= 0.3 is 0 Å². The van der Waals surface area contributed by atoms with Crippen LogP contribution in [0.25, 0.3) is 0 Å². The molecule has 1 amide bonds. The highest BCUT2D eigenvalue weighted by molar-refractivity contribution is 6.42. The average Bonchev–Trinajstić information content (AvgIpc) is 2.72. The largest absolute Gasteiger partial charge is 0.487 e. The molecule has 154 valence electrons. The van der Waals surface area contributed by atoms with Crippen LogP contribution in [0.5, 0.6) is 5.75 Å². The number of nitrogens with zero attached hydrogens (tertiary/aromatic N) is 1. The maximum atomic E-state index is 12.1. The molecule has 1 N–H and O–H groups in total. The molecule has 0 unspecified atom stereocenters. The highest BCUT2D eigenvalue weighted by Gasteiger charge is 2.07. The monoisotopic (exact) mass is 480 g/mol. The Balaban J connectivity index is 1.59. The number of hydrogen-bond donors (Lipinski definition) is 1. The number of halogens is 4. The maximum absolute atomic E-state index is 12.1. The zero-order valence-corrected chi connectivity index (χ0v) is 18.8. The van der Waals surface area contributed by atoms with Gasteiger partial charge in [0.2, 0.25) is 0 Å². The van der Waals surface area contributed by atoms with Gasteiger partial charge in [-0.25, -0.2) is 5.43 Å². The second kappa shape index (κ2) is 10.2. The third-order valence-corrected chi connectivity index (χ3v) is 5.59. The number of nitrogens with one attached hydrogen (secondary N) is 1. The smallest absolute Gasteiger partial charge is 0.271 e. The van der Waals surface area contributed by atoms with Gasteiger partial charge in [-0.15, -0.1) is 0 Å². The Morgan fingerprint density at radius 2 is 1.73 bits per heavy atom. The molecule has 0 saturated carbocycles. The molecule has 0 spiro atoms. The fraction of sp³-hybridized carbons (Fsp3) is 0.0909. The summed E-state index contributed by atoms with van der Waals surface area (Å²) in [5.74, 6) is 0.152. The summed E-state index contributed by atoms with van der Waals surface area (Å²) in [6, 6.07) is 15.5. The number of rotatable bonds is 6. The summed E-state index contributed by atoms with van der Waals surface area (Å²) in [5.41, 5.74) is 5.34. The van der Waals surface area contributed by atoms with Crippen molar-refractivity contribution in [1.29, 1.82) is 0 Å². The third kappa shape index (κ3) is 5.89. The summed E-state index contributed by atoms with van der Waals surface area (Å²) >= 11 is 24.2. The lowest BCUT2D eigenvalue weighted by Gasteiger charge is -2.09. The standard InChI is InChI=1S/C22H16Cl4N2O2/c1-13-2-5-16(10-18(13)24)22(29)28-27-11-14-4-7-21(20(26)8-14)30-12-15-3-6-17(23)19(25)9-15/h2-11H,12H2,1H3,(H,28,29)/b27-11-. The van der Waals surface area contributed by atoms with Crippen LogP contribution in [-0.2, 0) is 6.61 Å². The second-order valence-corrected chi connectivity index (χ2v) is 8.02. The van der Waals surface area contributed by atoms with Crippen molar-refractivity contribution >= 4 is 58.5 Å². The summed E-state index contributed by atoms with van der Waals surface area (Å²) < 4.78 is 5.73. The van der Waals surface area contributed by atoms with E-state index in [-0.39, 0.29) is 5.91 Å². The molecule has 0 saturated heterocycles. The van der Waals surface area contributed by atoms with E-state index >= 15 is 0 Å². The Hall–Kier alpha value is -2.24. The number of ether oxygens (including phenoxy) is 1. The van der Waals surface area contributed by atoms with Crippen LogP contribution in [-0.4, -0.2) is 12.1 Å². The second-order valence-electron chi connectivity index (χ2n) is 6.39. The van der Waals surface area contributed by atoms with Crippen LogP contribution in [0.1, 0.15) is 27.0 Å². The van der Waals surface area contributed by atoms with Crippen LogP contribution >= 0.6 is 46.4 Å². The summed E-state index contributed by atoms with van der Waals surface area (Å²) in [7, 11) is 0. The zero-order valence-electron chi connectivity index (χ0n) is 15.8. The lowest BCUT2D eigenvalue weighted by molar-refractivity contribution is 0.0955. The minimum atomic E-state index is -0.360. The Morgan fingerprint density at radius 1 is 0.933 bits per heavy atom. The lowest BCUT2D eigenvalue weighted by Crippen LogP contribution is -2.17. The summed E-state index contributed by atoms with van der Waals surface area (Å²) in [4.78, 5) is 12.1. The van der Waals surface area contributed by atoms with Crippen LogP contribution in [0.4, 0.5) is 0 Å². The first-order valence-electron chi connectivity index (χ1n) is 8.79. The predicted octanol–water partition coefficient (Wildman–Crippen LogP) is 6.95. The van der Waals surface area contributed by atoms with E-state index in [0.29, 0.717) is 43.6 Å². The Morgan fingerprint density at radius 3 is 2.43 bits per heavy atom. The molecule has 0 aliphatic heterocycles. The highest BCUT2D eigenvalue weighted by atomic mass is 35.5. The van der Waals surface area contributed by atoms with Crippen LogP contribution in [0.15, 0.2) is 59.7 Å². The summed E-state index contributed by atoms with van der Waals surface area (Å²) in [5, 5.41) is 5.84. The van der Waals surface area contributed by atoms with E-state index in [1.807, 2.05) is 13.0 Å². The van der Waals surface area contributed by atoms with Crippen molar-refractivity contribution in [1.82, 2.24) is 5.43 Å². The molecule has 0 aliphatic rings. The van der Waals surface area contributed by atoms with Gasteiger partial charge in [0.05, 0.1) is 21.3 Å². The van der Waals surface area contributed by atoms with E-state index in [1.54, 1.807) is 48.5 Å². The van der Waals surface area contributed by atoms with Gasteiger partial charge in [-0.3, -0.25) is 4.79 Å². The van der Waals surface area contributed by atoms with Crippen molar-refractivity contribution in [2.45, 2.75) is 13.5 Å². The van der Waals surface area contributed by atoms with Gasteiger partial charge in [-0.2, -0.15) is 5.10 Å². The summed E-state index contributed by atoms with van der Waals surface area (Å²) in [6.07, 6.45) is 1.49. The van der Waals surface area contributed by atoms with Gasteiger partial charge in [0.1, 0.15) is 12.4 Å². The summed E-state index contributed by atoms with van der Waals surface area (Å²) in [6.45, 7) is 2.16.